The van der Waals surface area contributed by atoms with Crippen molar-refractivity contribution in [1.82, 2.24) is 10.2 Å². The predicted molar refractivity (Wildman–Crippen MR) is 94.6 cm³/mol. The van der Waals surface area contributed by atoms with Crippen LogP contribution in [-0.2, 0) is 9.59 Å². The third-order valence-electron chi connectivity index (χ3n) is 5.27. The highest BCUT2D eigenvalue weighted by Gasteiger charge is 2.40. The lowest BCUT2D eigenvalue weighted by Gasteiger charge is -2.27. The van der Waals surface area contributed by atoms with E-state index in [1.54, 1.807) is 12.1 Å². The number of carbonyl (C=O) groups excluding carboxylic acids is 4. The summed E-state index contributed by atoms with van der Waals surface area (Å²) >= 11 is 0. The van der Waals surface area contributed by atoms with Gasteiger partial charge in [-0.25, -0.2) is 0 Å². The monoisotopic (exact) mass is 371 g/mol. The van der Waals surface area contributed by atoms with Gasteiger partial charge in [0, 0.05) is 12.5 Å². The van der Waals surface area contributed by atoms with Crippen LogP contribution in [0.5, 0.6) is 0 Å². The van der Waals surface area contributed by atoms with Crippen LogP contribution in [0.4, 0.5) is 0 Å². The fourth-order valence-corrected chi connectivity index (χ4v) is 3.83. The molecule has 144 valence electrons. The molecule has 0 saturated heterocycles. The average molecular weight is 371 g/mol. The maximum absolute atomic E-state index is 12.5. The van der Waals surface area contributed by atoms with Crippen molar-refractivity contribution < 1.29 is 24.3 Å². The van der Waals surface area contributed by atoms with Crippen LogP contribution in [0.15, 0.2) is 24.3 Å². The summed E-state index contributed by atoms with van der Waals surface area (Å²) in [4.78, 5) is 49.5. The van der Waals surface area contributed by atoms with Crippen LogP contribution in [0.25, 0.3) is 0 Å². The van der Waals surface area contributed by atoms with Crippen LogP contribution in [0, 0.1) is 0 Å². The first-order chi connectivity index (χ1) is 13.0. The molecule has 27 heavy (non-hydrogen) atoms. The largest absolute Gasteiger partial charge is 0.548 e. The van der Waals surface area contributed by atoms with Crippen molar-refractivity contribution >= 4 is 23.7 Å². The first kappa shape index (κ1) is 19.1. The number of benzene rings is 1. The number of carboxylic acids is 1. The van der Waals surface area contributed by atoms with Crippen LogP contribution in [0.1, 0.15) is 72.1 Å². The number of hydrogen-bond donors (Lipinski definition) is 1. The van der Waals surface area contributed by atoms with Crippen molar-refractivity contribution in [1.29, 1.82) is 0 Å². The van der Waals surface area contributed by atoms with Gasteiger partial charge in [-0.1, -0.05) is 37.8 Å². The molecule has 0 aromatic heterocycles. The molecule has 1 saturated carbocycles. The quantitative estimate of drug-likeness (QED) is 0.593. The summed E-state index contributed by atoms with van der Waals surface area (Å²) in [6.07, 6.45) is 6.08. The summed E-state index contributed by atoms with van der Waals surface area (Å²) in [5.74, 6) is -3.11. The Morgan fingerprint density at radius 2 is 1.59 bits per heavy atom. The number of fused-ring (bicyclic) bond motifs is 1. The van der Waals surface area contributed by atoms with E-state index in [1.807, 2.05) is 0 Å². The molecular formula is C20H23N2O5-. The van der Waals surface area contributed by atoms with Crippen LogP contribution in [0.2, 0.25) is 0 Å². The molecule has 0 bridgehead atoms. The van der Waals surface area contributed by atoms with Gasteiger partial charge in [0.25, 0.3) is 11.8 Å². The molecule has 0 radical (unpaired) electrons. The Balaban J connectivity index is 1.63. The molecule has 1 aliphatic heterocycles. The van der Waals surface area contributed by atoms with E-state index in [-0.39, 0.29) is 35.9 Å². The van der Waals surface area contributed by atoms with Gasteiger partial charge in [-0.3, -0.25) is 19.3 Å². The highest BCUT2D eigenvalue weighted by atomic mass is 16.4. The summed E-state index contributed by atoms with van der Waals surface area (Å²) in [6, 6.07) is 4.85. The van der Waals surface area contributed by atoms with Gasteiger partial charge in [-0.15, -0.1) is 0 Å². The van der Waals surface area contributed by atoms with E-state index in [0.29, 0.717) is 4.90 Å². The SMILES string of the molecule is O=C(CC[C@H](C(=O)[O-])N1C(=O)c2ccccc2C1=O)NC1CCCCCC1. The number of amides is 3. The molecule has 1 aliphatic carbocycles. The van der Waals surface area contributed by atoms with E-state index in [9.17, 15) is 24.3 Å². The number of carboxylic acid groups (broad SMARTS) is 1. The van der Waals surface area contributed by atoms with Crippen molar-refractivity contribution in [2.24, 2.45) is 0 Å². The Kier molecular flexibility index (Phi) is 5.88. The molecule has 3 rings (SSSR count). The normalized spacial score (nSPS) is 18.7. The Labute approximate surface area is 157 Å². The van der Waals surface area contributed by atoms with Crippen LogP contribution < -0.4 is 10.4 Å². The average Bonchev–Trinajstić information content (AvgIpc) is 2.82. The zero-order chi connectivity index (χ0) is 19.4. The third kappa shape index (κ3) is 4.18. The minimum Gasteiger partial charge on any atom is -0.548 e. The Morgan fingerprint density at radius 1 is 1.04 bits per heavy atom. The van der Waals surface area contributed by atoms with E-state index in [2.05, 4.69) is 5.32 Å². The second kappa shape index (κ2) is 8.33. The molecule has 7 heteroatoms. The van der Waals surface area contributed by atoms with Crippen molar-refractivity contribution in [2.45, 2.75) is 63.5 Å². The minimum atomic E-state index is -1.54. The van der Waals surface area contributed by atoms with Crippen LogP contribution in [-0.4, -0.2) is 40.7 Å². The highest BCUT2D eigenvalue weighted by Crippen LogP contribution is 2.26. The summed E-state index contributed by atoms with van der Waals surface area (Å²) in [7, 11) is 0. The molecule has 1 atom stereocenters. The van der Waals surface area contributed by atoms with Gasteiger partial charge in [0.2, 0.25) is 5.91 Å². The lowest BCUT2D eigenvalue weighted by atomic mass is 10.1. The highest BCUT2D eigenvalue weighted by molar-refractivity contribution is 6.22. The van der Waals surface area contributed by atoms with E-state index < -0.39 is 23.8 Å². The van der Waals surface area contributed by atoms with Gasteiger partial charge in [0.1, 0.15) is 0 Å². The molecule has 7 nitrogen and oxygen atoms in total. The molecule has 1 fully saturated rings. The summed E-state index contributed by atoms with van der Waals surface area (Å²) in [6.45, 7) is 0. The maximum atomic E-state index is 12.5. The van der Waals surface area contributed by atoms with Crippen molar-refractivity contribution in [3.63, 3.8) is 0 Å². The van der Waals surface area contributed by atoms with E-state index in [4.69, 9.17) is 0 Å². The van der Waals surface area contributed by atoms with Crippen molar-refractivity contribution in [2.75, 3.05) is 0 Å². The Hall–Kier alpha value is -2.70. The second-order valence-corrected chi connectivity index (χ2v) is 7.16. The zero-order valence-corrected chi connectivity index (χ0v) is 15.1. The first-order valence-corrected chi connectivity index (χ1v) is 9.46. The first-order valence-electron chi connectivity index (χ1n) is 9.46. The lowest BCUT2D eigenvalue weighted by molar-refractivity contribution is -0.310. The Morgan fingerprint density at radius 3 is 2.11 bits per heavy atom. The third-order valence-corrected chi connectivity index (χ3v) is 5.27. The van der Waals surface area contributed by atoms with Crippen molar-refractivity contribution in [3.05, 3.63) is 35.4 Å². The van der Waals surface area contributed by atoms with Gasteiger partial charge >= 0.3 is 0 Å². The molecule has 1 aromatic rings. The predicted octanol–water partition coefficient (Wildman–Crippen LogP) is 1.02. The van der Waals surface area contributed by atoms with Crippen LogP contribution >= 0.6 is 0 Å². The number of hydrogen-bond acceptors (Lipinski definition) is 5. The van der Waals surface area contributed by atoms with Gasteiger partial charge in [0.15, 0.2) is 0 Å². The smallest absolute Gasteiger partial charge is 0.262 e. The summed E-state index contributed by atoms with van der Waals surface area (Å²) in [5, 5.41) is 14.5. The van der Waals surface area contributed by atoms with Gasteiger partial charge in [0.05, 0.1) is 23.1 Å². The van der Waals surface area contributed by atoms with Gasteiger partial charge in [-0.05, 0) is 31.4 Å². The number of carbonyl (C=O) groups is 4. The minimum absolute atomic E-state index is 0.0808. The van der Waals surface area contributed by atoms with Gasteiger partial charge < -0.3 is 15.2 Å². The molecular weight excluding hydrogens is 348 g/mol. The maximum Gasteiger partial charge on any atom is 0.262 e. The van der Waals surface area contributed by atoms with E-state index in [1.165, 1.54) is 25.0 Å². The fourth-order valence-electron chi connectivity index (χ4n) is 3.83. The zero-order valence-electron chi connectivity index (χ0n) is 15.1. The molecule has 1 aromatic carbocycles. The second-order valence-electron chi connectivity index (χ2n) is 7.16. The number of rotatable bonds is 6. The van der Waals surface area contributed by atoms with Crippen LogP contribution in [0.3, 0.4) is 0 Å². The number of nitrogens with zero attached hydrogens (tertiary/aromatic N) is 1. The van der Waals surface area contributed by atoms with Gasteiger partial charge in [-0.2, -0.15) is 0 Å². The lowest BCUT2D eigenvalue weighted by Crippen LogP contribution is -2.51. The topological polar surface area (TPSA) is 107 Å². The standard InChI is InChI=1S/C20H24N2O5/c23-17(21-13-7-3-1-2-4-8-13)12-11-16(20(26)27)22-18(24)14-9-5-6-10-15(14)19(22)25/h5-6,9-10,13,16H,1-4,7-8,11-12H2,(H,21,23)(H,26,27)/p-1/t16-/m1/s1. The molecule has 0 spiro atoms. The Bertz CT molecular complexity index is 717. The molecule has 2 aliphatic rings. The molecule has 1 heterocycles. The van der Waals surface area contributed by atoms with Crippen molar-refractivity contribution in [3.8, 4) is 0 Å². The number of imide groups is 1. The fraction of sp³-hybridized carbons (Fsp3) is 0.500. The van der Waals surface area contributed by atoms with E-state index >= 15 is 0 Å². The molecule has 0 unspecified atom stereocenters. The molecule has 1 N–H and O–H groups in total. The molecule has 3 amide bonds. The number of nitrogens with one attached hydrogen (secondary N) is 1. The number of aliphatic carboxylic acids is 1. The van der Waals surface area contributed by atoms with E-state index in [0.717, 1.165) is 25.7 Å². The summed E-state index contributed by atoms with van der Waals surface area (Å²) < 4.78 is 0. The summed E-state index contributed by atoms with van der Waals surface area (Å²) in [5.41, 5.74) is 0.355.